The third-order valence-electron chi connectivity index (χ3n) is 3.11. The van der Waals surface area contributed by atoms with Crippen LogP contribution in [0.1, 0.15) is 18.5 Å². The maximum absolute atomic E-state index is 4.61. The first-order valence-electron chi connectivity index (χ1n) is 5.83. The molecule has 1 atom stereocenters. The zero-order valence-corrected chi connectivity index (χ0v) is 9.75. The van der Waals surface area contributed by atoms with Crippen LogP contribution >= 0.6 is 0 Å². The number of nitrogens with zero attached hydrogens (tertiary/aromatic N) is 2. The van der Waals surface area contributed by atoms with E-state index in [0.717, 1.165) is 5.52 Å². The average molecular weight is 222 g/mol. The van der Waals surface area contributed by atoms with Gasteiger partial charge in [0.2, 0.25) is 0 Å². The number of hydrogen-bond donors (Lipinski definition) is 0. The number of hydrogen-bond acceptors (Lipinski definition) is 1. The maximum atomic E-state index is 4.61. The van der Waals surface area contributed by atoms with Crippen LogP contribution in [0, 0.1) is 0 Å². The van der Waals surface area contributed by atoms with Crippen LogP contribution in [-0.4, -0.2) is 9.78 Å². The van der Waals surface area contributed by atoms with Gasteiger partial charge in [-0.2, -0.15) is 5.10 Å². The Labute approximate surface area is 101 Å². The molecule has 0 bridgehead atoms. The van der Waals surface area contributed by atoms with Gasteiger partial charge in [0, 0.05) is 11.6 Å². The second kappa shape index (κ2) is 4.06. The number of rotatable bonds is 2. The second-order valence-corrected chi connectivity index (χ2v) is 4.25. The summed E-state index contributed by atoms with van der Waals surface area (Å²) in [4.78, 5) is 0. The summed E-state index contributed by atoms with van der Waals surface area (Å²) in [5.41, 5.74) is 2.33. The van der Waals surface area contributed by atoms with Crippen LogP contribution in [0.15, 0.2) is 60.8 Å². The van der Waals surface area contributed by atoms with E-state index in [-0.39, 0.29) is 6.04 Å². The van der Waals surface area contributed by atoms with Crippen LogP contribution in [0.4, 0.5) is 0 Å². The lowest BCUT2D eigenvalue weighted by molar-refractivity contribution is 0.570. The lowest BCUT2D eigenvalue weighted by atomic mass is 10.1. The fourth-order valence-electron chi connectivity index (χ4n) is 2.07. The monoisotopic (exact) mass is 222 g/mol. The molecule has 0 unspecified atom stereocenters. The fraction of sp³-hybridized carbons (Fsp3) is 0.133. The first kappa shape index (κ1) is 10.1. The normalized spacial score (nSPS) is 12.8. The molecule has 1 aromatic heterocycles. The molecule has 2 aromatic carbocycles. The highest BCUT2D eigenvalue weighted by molar-refractivity contribution is 5.77. The van der Waals surface area contributed by atoms with E-state index in [1.54, 1.807) is 0 Å². The van der Waals surface area contributed by atoms with Crippen molar-refractivity contribution in [2.75, 3.05) is 0 Å². The summed E-state index contributed by atoms with van der Waals surface area (Å²) in [5.74, 6) is 0. The molecule has 0 saturated heterocycles. The summed E-state index contributed by atoms with van der Waals surface area (Å²) in [7, 11) is 0. The summed E-state index contributed by atoms with van der Waals surface area (Å²) < 4.78 is 2.03. The van der Waals surface area contributed by atoms with Crippen molar-refractivity contribution in [3.05, 3.63) is 66.4 Å². The molecular weight excluding hydrogens is 208 g/mol. The lowest BCUT2D eigenvalue weighted by Crippen LogP contribution is -2.06. The van der Waals surface area contributed by atoms with Gasteiger partial charge in [-0.1, -0.05) is 48.5 Å². The van der Waals surface area contributed by atoms with E-state index in [2.05, 4.69) is 48.6 Å². The number of aromatic nitrogens is 2. The van der Waals surface area contributed by atoms with E-state index in [0.29, 0.717) is 0 Å². The van der Waals surface area contributed by atoms with Crippen molar-refractivity contribution in [1.82, 2.24) is 9.78 Å². The van der Waals surface area contributed by atoms with E-state index in [9.17, 15) is 0 Å². The van der Waals surface area contributed by atoms with Crippen molar-refractivity contribution >= 4 is 10.9 Å². The minimum Gasteiger partial charge on any atom is -0.264 e. The third-order valence-corrected chi connectivity index (χ3v) is 3.11. The standard InChI is InChI=1S/C15H14N2/c1-12(13-7-3-2-4-8-13)17-11-14-9-5-6-10-15(14)16-17/h2-12H,1H3/t12-/m1/s1. The number of benzene rings is 2. The summed E-state index contributed by atoms with van der Waals surface area (Å²) in [5, 5.41) is 5.80. The highest BCUT2D eigenvalue weighted by atomic mass is 15.3. The zero-order chi connectivity index (χ0) is 11.7. The Morgan fingerprint density at radius 2 is 1.65 bits per heavy atom. The van der Waals surface area contributed by atoms with Gasteiger partial charge in [-0.3, -0.25) is 4.68 Å². The van der Waals surface area contributed by atoms with Gasteiger partial charge in [0.05, 0.1) is 11.6 Å². The number of fused-ring (bicyclic) bond motifs is 1. The van der Waals surface area contributed by atoms with Crippen LogP contribution in [-0.2, 0) is 0 Å². The van der Waals surface area contributed by atoms with E-state index in [4.69, 9.17) is 0 Å². The molecule has 0 aliphatic carbocycles. The van der Waals surface area contributed by atoms with Crippen LogP contribution in [0.3, 0.4) is 0 Å². The predicted octanol–water partition coefficient (Wildman–Crippen LogP) is 3.65. The molecule has 17 heavy (non-hydrogen) atoms. The molecule has 0 radical (unpaired) electrons. The predicted molar refractivity (Wildman–Crippen MR) is 70.0 cm³/mol. The van der Waals surface area contributed by atoms with Crippen molar-refractivity contribution in [2.24, 2.45) is 0 Å². The molecule has 0 spiro atoms. The van der Waals surface area contributed by atoms with Gasteiger partial charge >= 0.3 is 0 Å². The van der Waals surface area contributed by atoms with Gasteiger partial charge in [0.25, 0.3) is 0 Å². The Morgan fingerprint density at radius 1 is 0.941 bits per heavy atom. The van der Waals surface area contributed by atoms with Gasteiger partial charge in [-0.05, 0) is 18.6 Å². The van der Waals surface area contributed by atoms with E-state index >= 15 is 0 Å². The Hall–Kier alpha value is -2.09. The summed E-state index contributed by atoms with van der Waals surface area (Å²) >= 11 is 0. The highest BCUT2D eigenvalue weighted by Gasteiger charge is 2.08. The van der Waals surface area contributed by atoms with Crippen molar-refractivity contribution < 1.29 is 0 Å². The first-order valence-corrected chi connectivity index (χ1v) is 5.83. The van der Waals surface area contributed by atoms with Gasteiger partial charge in [0.1, 0.15) is 0 Å². The molecular formula is C15H14N2. The summed E-state index contributed by atoms with van der Waals surface area (Å²) in [6.07, 6.45) is 2.10. The van der Waals surface area contributed by atoms with Crippen molar-refractivity contribution in [2.45, 2.75) is 13.0 Å². The Balaban J connectivity index is 2.04. The molecule has 1 heterocycles. The molecule has 0 aliphatic heterocycles. The van der Waals surface area contributed by atoms with Crippen molar-refractivity contribution in [3.8, 4) is 0 Å². The van der Waals surface area contributed by atoms with Gasteiger partial charge in [0.15, 0.2) is 0 Å². The summed E-state index contributed by atoms with van der Waals surface area (Å²) in [6.45, 7) is 2.17. The van der Waals surface area contributed by atoms with Crippen LogP contribution in [0.25, 0.3) is 10.9 Å². The van der Waals surface area contributed by atoms with Crippen molar-refractivity contribution in [1.29, 1.82) is 0 Å². The molecule has 0 fully saturated rings. The molecule has 84 valence electrons. The smallest absolute Gasteiger partial charge is 0.0923 e. The molecule has 0 N–H and O–H groups in total. The van der Waals surface area contributed by atoms with E-state index in [1.165, 1.54) is 10.9 Å². The fourth-order valence-corrected chi connectivity index (χ4v) is 2.07. The minimum atomic E-state index is 0.267. The topological polar surface area (TPSA) is 17.8 Å². The largest absolute Gasteiger partial charge is 0.264 e. The van der Waals surface area contributed by atoms with Crippen LogP contribution in [0.2, 0.25) is 0 Å². The van der Waals surface area contributed by atoms with E-state index in [1.807, 2.05) is 28.9 Å². The van der Waals surface area contributed by atoms with Gasteiger partial charge in [-0.15, -0.1) is 0 Å². The first-order chi connectivity index (χ1) is 8.34. The van der Waals surface area contributed by atoms with Crippen molar-refractivity contribution in [3.63, 3.8) is 0 Å². The third kappa shape index (κ3) is 1.82. The quantitative estimate of drug-likeness (QED) is 0.647. The van der Waals surface area contributed by atoms with Gasteiger partial charge in [-0.25, -0.2) is 0 Å². The summed E-state index contributed by atoms with van der Waals surface area (Å²) in [6, 6.07) is 18.9. The molecule has 0 amide bonds. The van der Waals surface area contributed by atoms with E-state index < -0.39 is 0 Å². The zero-order valence-electron chi connectivity index (χ0n) is 9.75. The van der Waals surface area contributed by atoms with Crippen LogP contribution in [0.5, 0.6) is 0 Å². The van der Waals surface area contributed by atoms with Crippen LogP contribution < -0.4 is 0 Å². The molecule has 2 heteroatoms. The minimum absolute atomic E-state index is 0.267. The second-order valence-electron chi connectivity index (χ2n) is 4.25. The molecule has 0 saturated carbocycles. The SMILES string of the molecule is C[C@H](c1ccccc1)n1cc2ccccc2n1. The molecule has 3 rings (SSSR count). The molecule has 3 aromatic rings. The Kier molecular flexibility index (Phi) is 2.41. The highest BCUT2D eigenvalue weighted by Crippen LogP contribution is 2.20. The Bertz CT molecular complexity index is 592. The molecule has 2 nitrogen and oxygen atoms in total. The van der Waals surface area contributed by atoms with Gasteiger partial charge < -0.3 is 0 Å². The Morgan fingerprint density at radius 3 is 2.41 bits per heavy atom. The lowest BCUT2D eigenvalue weighted by Gasteiger charge is -2.11. The maximum Gasteiger partial charge on any atom is 0.0923 e. The molecule has 0 aliphatic rings. The average Bonchev–Trinajstić information content (AvgIpc) is 2.82.